The number of nitrogens with zero attached hydrogens (tertiary/aromatic N) is 3. The molecule has 1 aromatic rings. The molecule has 0 radical (unpaired) electrons. The summed E-state index contributed by atoms with van der Waals surface area (Å²) in [7, 11) is 3.42. The lowest BCUT2D eigenvalue weighted by molar-refractivity contribution is 0.0822. The van der Waals surface area contributed by atoms with Gasteiger partial charge in [-0.15, -0.1) is 0 Å². The Kier molecular flexibility index (Phi) is 3.81. The normalized spacial score (nSPS) is 19.7. The predicted octanol–water partition coefficient (Wildman–Crippen LogP) is 0.744. The first-order valence-corrected chi connectivity index (χ1v) is 6.18. The van der Waals surface area contributed by atoms with Gasteiger partial charge >= 0.3 is 0 Å². The number of pyridine rings is 1. The lowest BCUT2D eigenvalue weighted by Gasteiger charge is -2.32. The van der Waals surface area contributed by atoms with E-state index in [1.54, 1.807) is 26.4 Å². The van der Waals surface area contributed by atoms with Crippen LogP contribution in [-0.2, 0) is 0 Å². The average molecular weight is 249 g/mol. The van der Waals surface area contributed by atoms with Gasteiger partial charge in [-0.25, -0.2) is 0 Å². The molecule has 98 valence electrons. The van der Waals surface area contributed by atoms with Gasteiger partial charge in [-0.1, -0.05) is 0 Å². The average Bonchev–Trinajstić information content (AvgIpc) is 2.38. The predicted molar refractivity (Wildman–Crippen MR) is 69.7 cm³/mol. The number of piperidine rings is 1. The summed E-state index contributed by atoms with van der Waals surface area (Å²) in [5.41, 5.74) is 1.39. The van der Waals surface area contributed by atoms with E-state index in [0.717, 1.165) is 25.1 Å². The van der Waals surface area contributed by atoms with Crippen LogP contribution >= 0.6 is 0 Å². The Bertz CT molecular complexity index is 434. The van der Waals surface area contributed by atoms with Crippen LogP contribution in [-0.4, -0.2) is 54.2 Å². The molecule has 2 heterocycles. The van der Waals surface area contributed by atoms with Crippen LogP contribution in [0.5, 0.6) is 0 Å². The van der Waals surface area contributed by atoms with Gasteiger partial charge in [-0.05, 0) is 25.0 Å². The summed E-state index contributed by atoms with van der Waals surface area (Å²) in [6.45, 7) is 1.54. The molecule has 0 bridgehead atoms. The number of aliphatic hydroxyl groups excluding tert-OH is 1. The summed E-state index contributed by atoms with van der Waals surface area (Å²) in [6.07, 6.45) is 3.19. The highest BCUT2D eigenvalue weighted by Crippen LogP contribution is 2.20. The van der Waals surface area contributed by atoms with E-state index in [0.29, 0.717) is 12.2 Å². The Hall–Kier alpha value is -1.62. The number of hydrogen-bond acceptors (Lipinski definition) is 4. The highest BCUT2D eigenvalue weighted by Gasteiger charge is 2.19. The quantitative estimate of drug-likeness (QED) is 0.840. The standard InChI is InChI=1S/C13H19N3O2/c1-15(2)13(18)12-8-10(5-6-14-12)16-7-3-4-11(17)9-16/h5-6,8,11,17H,3-4,7,9H2,1-2H3/t11-/m0/s1. The maximum absolute atomic E-state index is 11.8. The summed E-state index contributed by atoms with van der Waals surface area (Å²) in [5.74, 6) is -0.102. The van der Waals surface area contributed by atoms with Gasteiger partial charge in [0, 0.05) is 39.1 Å². The number of rotatable bonds is 2. The Labute approximate surface area is 107 Å². The molecule has 0 saturated carbocycles. The zero-order valence-electron chi connectivity index (χ0n) is 10.8. The summed E-state index contributed by atoms with van der Waals surface area (Å²) < 4.78 is 0. The number of aromatic nitrogens is 1. The van der Waals surface area contributed by atoms with E-state index in [1.807, 2.05) is 6.07 Å². The topological polar surface area (TPSA) is 56.7 Å². The molecule has 5 nitrogen and oxygen atoms in total. The fraction of sp³-hybridized carbons (Fsp3) is 0.538. The van der Waals surface area contributed by atoms with Crippen LogP contribution in [0.3, 0.4) is 0 Å². The molecule has 1 amide bonds. The van der Waals surface area contributed by atoms with Gasteiger partial charge in [0.1, 0.15) is 5.69 Å². The second kappa shape index (κ2) is 5.35. The van der Waals surface area contributed by atoms with Crippen LogP contribution in [0.15, 0.2) is 18.3 Å². The number of carbonyl (C=O) groups is 1. The van der Waals surface area contributed by atoms with Crippen molar-refractivity contribution in [2.75, 3.05) is 32.1 Å². The zero-order chi connectivity index (χ0) is 13.1. The first-order valence-electron chi connectivity index (χ1n) is 6.18. The highest BCUT2D eigenvalue weighted by atomic mass is 16.3. The summed E-state index contributed by atoms with van der Waals surface area (Å²) in [4.78, 5) is 19.5. The van der Waals surface area contributed by atoms with Crippen LogP contribution in [0, 0.1) is 0 Å². The Morgan fingerprint density at radius 3 is 3.00 bits per heavy atom. The minimum absolute atomic E-state index is 0.102. The summed E-state index contributed by atoms with van der Waals surface area (Å²) >= 11 is 0. The monoisotopic (exact) mass is 249 g/mol. The largest absolute Gasteiger partial charge is 0.391 e. The van der Waals surface area contributed by atoms with Crippen molar-refractivity contribution >= 4 is 11.6 Å². The molecule has 1 fully saturated rings. The fourth-order valence-electron chi connectivity index (χ4n) is 2.15. The van der Waals surface area contributed by atoms with E-state index >= 15 is 0 Å². The van der Waals surface area contributed by atoms with Gasteiger partial charge < -0.3 is 14.9 Å². The SMILES string of the molecule is CN(C)C(=O)c1cc(N2CCC[C@H](O)C2)ccn1. The van der Waals surface area contributed by atoms with Gasteiger partial charge in [-0.2, -0.15) is 0 Å². The molecule has 1 aromatic heterocycles. The van der Waals surface area contributed by atoms with Crippen LogP contribution < -0.4 is 4.90 Å². The molecule has 2 rings (SSSR count). The molecule has 1 aliphatic heterocycles. The third-order valence-corrected chi connectivity index (χ3v) is 3.13. The van der Waals surface area contributed by atoms with Gasteiger partial charge in [0.15, 0.2) is 0 Å². The lowest BCUT2D eigenvalue weighted by atomic mass is 10.1. The van der Waals surface area contributed by atoms with Crippen molar-refractivity contribution < 1.29 is 9.90 Å². The lowest BCUT2D eigenvalue weighted by Crippen LogP contribution is -2.38. The van der Waals surface area contributed by atoms with E-state index in [1.165, 1.54) is 4.90 Å². The molecule has 1 atom stereocenters. The van der Waals surface area contributed by atoms with Crippen molar-refractivity contribution in [2.24, 2.45) is 0 Å². The third-order valence-electron chi connectivity index (χ3n) is 3.13. The highest BCUT2D eigenvalue weighted by molar-refractivity contribution is 5.92. The number of β-amino-alcohol motifs (C(OH)–C–C–N with tert-alkyl or cyclic N) is 1. The maximum Gasteiger partial charge on any atom is 0.272 e. The molecule has 1 N–H and O–H groups in total. The molecule has 0 unspecified atom stereocenters. The minimum Gasteiger partial charge on any atom is -0.391 e. The van der Waals surface area contributed by atoms with E-state index in [4.69, 9.17) is 0 Å². The number of aliphatic hydroxyl groups is 1. The third kappa shape index (κ3) is 2.79. The fourth-order valence-corrected chi connectivity index (χ4v) is 2.15. The first-order chi connectivity index (χ1) is 8.58. The summed E-state index contributed by atoms with van der Waals surface area (Å²) in [6, 6.07) is 3.67. The van der Waals surface area contributed by atoms with Gasteiger partial charge in [0.2, 0.25) is 0 Å². The number of hydrogen-bond donors (Lipinski definition) is 1. The van der Waals surface area contributed by atoms with Crippen molar-refractivity contribution in [3.05, 3.63) is 24.0 Å². The minimum atomic E-state index is -0.278. The van der Waals surface area contributed by atoms with Gasteiger partial charge in [0.25, 0.3) is 5.91 Å². The first kappa shape index (κ1) is 12.8. The molecule has 1 saturated heterocycles. The molecule has 0 aromatic carbocycles. The number of amides is 1. The molecule has 5 heteroatoms. The van der Waals surface area contributed by atoms with Crippen molar-refractivity contribution in [1.82, 2.24) is 9.88 Å². The van der Waals surface area contributed by atoms with Crippen LogP contribution in [0.25, 0.3) is 0 Å². The number of carbonyl (C=O) groups excluding carboxylic acids is 1. The van der Waals surface area contributed by atoms with Gasteiger partial charge in [0.05, 0.1) is 6.10 Å². The van der Waals surface area contributed by atoms with E-state index in [-0.39, 0.29) is 12.0 Å². The number of anilines is 1. The second-order valence-corrected chi connectivity index (χ2v) is 4.84. The van der Waals surface area contributed by atoms with Gasteiger partial charge in [-0.3, -0.25) is 9.78 Å². The van der Waals surface area contributed by atoms with Crippen molar-refractivity contribution in [1.29, 1.82) is 0 Å². The smallest absolute Gasteiger partial charge is 0.272 e. The molecule has 0 aliphatic carbocycles. The Balaban J connectivity index is 2.19. The second-order valence-electron chi connectivity index (χ2n) is 4.84. The van der Waals surface area contributed by atoms with Crippen molar-refractivity contribution in [3.63, 3.8) is 0 Å². The molecular weight excluding hydrogens is 230 g/mol. The van der Waals surface area contributed by atoms with E-state index in [9.17, 15) is 9.90 Å². The Morgan fingerprint density at radius 2 is 2.33 bits per heavy atom. The zero-order valence-corrected chi connectivity index (χ0v) is 10.8. The molecular formula is C13H19N3O2. The maximum atomic E-state index is 11.8. The van der Waals surface area contributed by atoms with Crippen molar-refractivity contribution in [2.45, 2.75) is 18.9 Å². The Morgan fingerprint density at radius 1 is 1.56 bits per heavy atom. The van der Waals surface area contributed by atoms with Crippen LogP contribution in [0.2, 0.25) is 0 Å². The summed E-state index contributed by atoms with van der Waals surface area (Å²) in [5, 5.41) is 9.68. The molecule has 18 heavy (non-hydrogen) atoms. The molecule has 0 spiro atoms. The van der Waals surface area contributed by atoms with Crippen LogP contribution in [0.4, 0.5) is 5.69 Å². The van der Waals surface area contributed by atoms with E-state index < -0.39 is 0 Å². The molecule has 1 aliphatic rings. The van der Waals surface area contributed by atoms with Crippen LogP contribution in [0.1, 0.15) is 23.3 Å². The van der Waals surface area contributed by atoms with E-state index in [2.05, 4.69) is 9.88 Å². The van der Waals surface area contributed by atoms with Crippen molar-refractivity contribution in [3.8, 4) is 0 Å².